The van der Waals surface area contributed by atoms with Crippen molar-refractivity contribution in [2.75, 3.05) is 13.7 Å². The lowest BCUT2D eigenvalue weighted by atomic mass is 10.0. The molecule has 0 radical (unpaired) electrons. The smallest absolute Gasteiger partial charge is 0.323 e. The van der Waals surface area contributed by atoms with E-state index in [9.17, 15) is 4.79 Å². The van der Waals surface area contributed by atoms with Crippen molar-refractivity contribution < 1.29 is 9.53 Å². The van der Waals surface area contributed by atoms with Crippen LogP contribution in [0.3, 0.4) is 0 Å². The zero-order valence-corrected chi connectivity index (χ0v) is 11.2. The Morgan fingerprint density at radius 3 is 2.74 bits per heavy atom. The van der Waals surface area contributed by atoms with Gasteiger partial charge in [-0.05, 0) is 24.3 Å². The van der Waals surface area contributed by atoms with E-state index >= 15 is 0 Å². The lowest BCUT2D eigenvalue weighted by Gasteiger charge is -2.31. The van der Waals surface area contributed by atoms with Crippen LogP contribution in [0.5, 0.6) is 0 Å². The molecule has 0 N–H and O–H groups in total. The molecule has 0 aromatic heterocycles. The molecule has 19 heavy (non-hydrogen) atoms. The van der Waals surface area contributed by atoms with Crippen LogP contribution in [0.15, 0.2) is 42.5 Å². The minimum Gasteiger partial charge on any atom is -0.468 e. The van der Waals surface area contributed by atoms with Crippen molar-refractivity contribution in [1.29, 1.82) is 0 Å². The van der Waals surface area contributed by atoms with E-state index in [1.807, 2.05) is 18.2 Å². The third-order valence-electron chi connectivity index (χ3n) is 4.17. The summed E-state index contributed by atoms with van der Waals surface area (Å²) in [6, 6.07) is 10.4. The predicted octanol–water partition coefficient (Wildman–Crippen LogP) is 2.03. The second kappa shape index (κ2) is 5.17. The maximum Gasteiger partial charge on any atom is 0.323 e. The Morgan fingerprint density at radius 2 is 2.16 bits per heavy atom. The monoisotopic (exact) mass is 257 g/mol. The van der Waals surface area contributed by atoms with Crippen LogP contribution in [0.25, 0.3) is 0 Å². The van der Waals surface area contributed by atoms with Crippen LogP contribution < -0.4 is 0 Å². The van der Waals surface area contributed by atoms with E-state index in [0.29, 0.717) is 12.0 Å². The largest absolute Gasteiger partial charge is 0.468 e. The summed E-state index contributed by atoms with van der Waals surface area (Å²) < 4.78 is 5.00. The predicted molar refractivity (Wildman–Crippen MR) is 73.7 cm³/mol. The van der Waals surface area contributed by atoms with E-state index in [1.165, 1.54) is 12.7 Å². The molecule has 1 aromatic rings. The molecule has 1 heterocycles. The average Bonchev–Trinajstić information content (AvgIpc) is 3.07. The number of methoxy groups -OCH3 is 1. The number of nitrogens with zero attached hydrogens (tertiary/aromatic N) is 1. The molecule has 2 bridgehead atoms. The first-order valence-corrected chi connectivity index (χ1v) is 6.84. The molecular formula is C16H19NO2. The minimum atomic E-state index is -0.160. The van der Waals surface area contributed by atoms with Crippen molar-refractivity contribution in [3.63, 3.8) is 0 Å². The zero-order valence-electron chi connectivity index (χ0n) is 11.2. The fourth-order valence-electron chi connectivity index (χ4n) is 3.21. The Labute approximate surface area is 113 Å². The van der Waals surface area contributed by atoms with Crippen molar-refractivity contribution in [1.82, 2.24) is 4.90 Å². The van der Waals surface area contributed by atoms with Gasteiger partial charge in [-0.2, -0.15) is 0 Å². The quantitative estimate of drug-likeness (QED) is 0.610. The summed E-state index contributed by atoms with van der Waals surface area (Å²) in [5.41, 5.74) is 1.18. The molecule has 1 saturated heterocycles. The van der Waals surface area contributed by atoms with Crippen LogP contribution in [0.4, 0.5) is 0 Å². The first-order chi connectivity index (χ1) is 9.28. The highest BCUT2D eigenvalue weighted by atomic mass is 16.5. The Balaban J connectivity index is 1.78. The first kappa shape index (κ1) is 12.4. The summed E-state index contributed by atoms with van der Waals surface area (Å²) in [7, 11) is 1.48. The summed E-state index contributed by atoms with van der Waals surface area (Å²) in [4.78, 5) is 14.4. The number of hydrogen-bond donors (Lipinski definition) is 0. The van der Waals surface area contributed by atoms with Gasteiger partial charge in [0.05, 0.1) is 7.11 Å². The molecule has 0 amide bonds. The Hall–Kier alpha value is -1.61. The Bertz CT molecular complexity index is 483. The van der Waals surface area contributed by atoms with Gasteiger partial charge in [0.25, 0.3) is 0 Å². The van der Waals surface area contributed by atoms with Crippen LogP contribution in [0, 0.1) is 5.92 Å². The van der Waals surface area contributed by atoms with Crippen LogP contribution in [0.1, 0.15) is 12.0 Å². The van der Waals surface area contributed by atoms with E-state index in [0.717, 1.165) is 19.4 Å². The standard InChI is InChI=1S/C16H19NO2/c1-19-16(18)15(10-12-5-3-2-4-6-12)17-11-13-7-8-14(17)9-13/h2-8,13-15H,9-11H2,1H3/t13-,14+,15-/m0/s1. The number of likely N-dealkylation sites (tertiary alicyclic amines) is 1. The molecule has 1 aliphatic carbocycles. The number of benzene rings is 1. The summed E-state index contributed by atoms with van der Waals surface area (Å²) >= 11 is 0. The molecule has 1 aliphatic heterocycles. The minimum absolute atomic E-state index is 0.121. The number of carbonyl (C=O) groups excluding carboxylic acids is 1. The molecule has 3 rings (SSSR count). The summed E-state index contributed by atoms with van der Waals surface area (Å²) in [6.45, 7) is 0.980. The second-order valence-corrected chi connectivity index (χ2v) is 5.37. The van der Waals surface area contributed by atoms with Gasteiger partial charge in [0.2, 0.25) is 0 Å². The number of esters is 1. The van der Waals surface area contributed by atoms with E-state index in [1.54, 1.807) is 0 Å². The normalized spacial score (nSPS) is 26.6. The fraction of sp³-hybridized carbons (Fsp3) is 0.438. The summed E-state index contributed by atoms with van der Waals surface area (Å²) in [5, 5.41) is 0. The van der Waals surface area contributed by atoms with Crippen molar-refractivity contribution in [3.8, 4) is 0 Å². The molecule has 2 aliphatic rings. The number of carbonyl (C=O) groups is 1. The summed E-state index contributed by atoms with van der Waals surface area (Å²) in [6.07, 6.45) is 6.39. The lowest BCUT2D eigenvalue weighted by Crippen LogP contribution is -2.46. The van der Waals surface area contributed by atoms with Crippen molar-refractivity contribution in [3.05, 3.63) is 48.0 Å². The number of fused-ring (bicyclic) bond motifs is 2. The molecule has 3 nitrogen and oxygen atoms in total. The molecule has 0 spiro atoms. The van der Waals surface area contributed by atoms with Crippen LogP contribution in [-0.2, 0) is 16.0 Å². The van der Waals surface area contributed by atoms with E-state index < -0.39 is 0 Å². The number of hydrogen-bond acceptors (Lipinski definition) is 3. The summed E-state index contributed by atoms with van der Waals surface area (Å²) in [5.74, 6) is 0.498. The van der Waals surface area contributed by atoms with Gasteiger partial charge in [0, 0.05) is 12.6 Å². The molecule has 3 heteroatoms. The van der Waals surface area contributed by atoms with Gasteiger partial charge in [0.1, 0.15) is 6.04 Å². The number of rotatable bonds is 4. The van der Waals surface area contributed by atoms with Gasteiger partial charge in [-0.3, -0.25) is 9.69 Å². The Kier molecular flexibility index (Phi) is 3.38. The molecule has 0 unspecified atom stereocenters. The van der Waals surface area contributed by atoms with Gasteiger partial charge in [-0.1, -0.05) is 42.5 Å². The van der Waals surface area contributed by atoms with Gasteiger partial charge >= 0.3 is 5.97 Å². The molecule has 1 fully saturated rings. The maximum absolute atomic E-state index is 12.1. The van der Waals surface area contributed by atoms with Crippen molar-refractivity contribution >= 4 is 5.97 Å². The van der Waals surface area contributed by atoms with Crippen LogP contribution in [0.2, 0.25) is 0 Å². The zero-order chi connectivity index (χ0) is 13.2. The van der Waals surface area contributed by atoms with E-state index in [2.05, 4.69) is 29.2 Å². The SMILES string of the molecule is COC(=O)[C@H](Cc1ccccc1)N1C[C@H]2C=C[C@@H]1C2. The van der Waals surface area contributed by atoms with Gasteiger partial charge < -0.3 is 4.74 Å². The third kappa shape index (κ3) is 2.43. The fourth-order valence-corrected chi connectivity index (χ4v) is 3.21. The highest BCUT2D eigenvalue weighted by Crippen LogP contribution is 2.33. The van der Waals surface area contributed by atoms with Crippen LogP contribution >= 0.6 is 0 Å². The van der Waals surface area contributed by atoms with E-state index in [4.69, 9.17) is 4.74 Å². The average molecular weight is 257 g/mol. The topological polar surface area (TPSA) is 29.5 Å². The first-order valence-electron chi connectivity index (χ1n) is 6.84. The van der Waals surface area contributed by atoms with E-state index in [-0.39, 0.29) is 12.0 Å². The number of ether oxygens (including phenoxy) is 1. The Morgan fingerprint density at radius 1 is 1.37 bits per heavy atom. The highest BCUT2D eigenvalue weighted by molar-refractivity contribution is 5.76. The third-order valence-corrected chi connectivity index (χ3v) is 4.17. The molecule has 0 saturated carbocycles. The molecular weight excluding hydrogens is 238 g/mol. The van der Waals surface area contributed by atoms with Gasteiger partial charge in [-0.15, -0.1) is 0 Å². The lowest BCUT2D eigenvalue weighted by molar-refractivity contribution is -0.147. The van der Waals surface area contributed by atoms with Gasteiger partial charge in [-0.25, -0.2) is 0 Å². The second-order valence-electron chi connectivity index (χ2n) is 5.37. The van der Waals surface area contributed by atoms with Crippen LogP contribution in [-0.4, -0.2) is 36.6 Å². The van der Waals surface area contributed by atoms with Gasteiger partial charge in [0.15, 0.2) is 0 Å². The highest BCUT2D eigenvalue weighted by Gasteiger charge is 2.40. The maximum atomic E-state index is 12.1. The molecule has 1 aromatic carbocycles. The molecule has 3 atom stereocenters. The van der Waals surface area contributed by atoms with Crippen molar-refractivity contribution in [2.24, 2.45) is 5.92 Å². The van der Waals surface area contributed by atoms with Crippen molar-refractivity contribution in [2.45, 2.75) is 24.9 Å². The molecule has 100 valence electrons.